The molecule has 2 rings (SSSR count). The van der Waals surface area contributed by atoms with Crippen molar-refractivity contribution < 1.29 is 14.7 Å². The van der Waals surface area contributed by atoms with Crippen molar-refractivity contribution in [2.24, 2.45) is 11.8 Å². The Balaban J connectivity index is 2.16. The molecule has 0 bridgehead atoms. The summed E-state index contributed by atoms with van der Waals surface area (Å²) in [5, 5.41) is 18.2. The van der Waals surface area contributed by atoms with Gasteiger partial charge in [-0.3, -0.25) is 0 Å². The minimum absolute atomic E-state index is 0.0410. The van der Waals surface area contributed by atoms with Crippen molar-refractivity contribution in [3.63, 3.8) is 0 Å². The van der Waals surface area contributed by atoms with Crippen LogP contribution in [0.3, 0.4) is 0 Å². The van der Waals surface area contributed by atoms with Gasteiger partial charge in [0.05, 0.1) is 12.5 Å². The Morgan fingerprint density at radius 3 is 2.71 bits per heavy atom. The first kappa shape index (κ1) is 15.6. The fourth-order valence-electron chi connectivity index (χ4n) is 3.73. The Labute approximate surface area is 125 Å². The summed E-state index contributed by atoms with van der Waals surface area (Å²) in [5.74, 6) is -0.488. The zero-order chi connectivity index (χ0) is 15.6. The molecular formula is C15H23N3O3. The number of carbonyl (C=O) groups is 2. The highest BCUT2D eigenvalue weighted by Gasteiger charge is 2.50. The largest absolute Gasteiger partial charge is 0.480 e. The van der Waals surface area contributed by atoms with Crippen molar-refractivity contribution >= 4 is 12.0 Å². The van der Waals surface area contributed by atoms with Gasteiger partial charge in [-0.2, -0.15) is 5.26 Å². The number of rotatable bonds is 4. The third-order valence-electron chi connectivity index (χ3n) is 4.72. The first-order valence-electron chi connectivity index (χ1n) is 7.64. The second-order valence-corrected chi connectivity index (χ2v) is 6.27. The van der Waals surface area contributed by atoms with E-state index in [0.29, 0.717) is 19.0 Å². The van der Waals surface area contributed by atoms with Crippen LogP contribution in [0.4, 0.5) is 4.79 Å². The lowest BCUT2D eigenvalue weighted by Gasteiger charge is -2.33. The number of nitrogens with zero attached hydrogens (tertiary/aromatic N) is 3. The second-order valence-electron chi connectivity index (χ2n) is 6.27. The van der Waals surface area contributed by atoms with Gasteiger partial charge in [0.25, 0.3) is 0 Å². The van der Waals surface area contributed by atoms with Gasteiger partial charge >= 0.3 is 12.0 Å². The SMILES string of the molecule is CC(C)N(CCC#N)C(=O)N1CC2CCCC2C1C(=O)O. The van der Waals surface area contributed by atoms with Crippen LogP contribution in [-0.4, -0.2) is 52.1 Å². The quantitative estimate of drug-likeness (QED) is 0.858. The third kappa shape index (κ3) is 2.97. The average Bonchev–Trinajstić information content (AvgIpc) is 2.97. The van der Waals surface area contributed by atoms with E-state index in [9.17, 15) is 14.7 Å². The Hall–Kier alpha value is -1.77. The Morgan fingerprint density at radius 2 is 2.14 bits per heavy atom. The van der Waals surface area contributed by atoms with Gasteiger partial charge in [0.1, 0.15) is 6.04 Å². The first-order valence-corrected chi connectivity index (χ1v) is 7.64. The molecule has 1 N–H and O–H groups in total. The Kier molecular flexibility index (Phi) is 4.71. The molecule has 116 valence electrons. The fraction of sp³-hybridized carbons (Fsp3) is 0.800. The molecule has 3 atom stereocenters. The monoisotopic (exact) mass is 293 g/mol. The summed E-state index contributed by atoms with van der Waals surface area (Å²) in [7, 11) is 0. The number of nitriles is 1. The van der Waals surface area contributed by atoms with Crippen LogP contribution in [0.25, 0.3) is 0 Å². The predicted octanol–water partition coefficient (Wildman–Crippen LogP) is 1.92. The summed E-state index contributed by atoms with van der Waals surface area (Å²) < 4.78 is 0. The van der Waals surface area contributed by atoms with E-state index in [1.54, 1.807) is 4.90 Å². The summed E-state index contributed by atoms with van der Waals surface area (Å²) in [5.41, 5.74) is 0. The molecule has 0 aromatic heterocycles. The van der Waals surface area contributed by atoms with Gasteiger partial charge in [-0.1, -0.05) is 6.42 Å². The third-order valence-corrected chi connectivity index (χ3v) is 4.72. The zero-order valence-electron chi connectivity index (χ0n) is 12.7. The molecule has 1 aliphatic carbocycles. The molecule has 1 heterocycles. The highest BCUT2D eigenvalue weighted by atomic mass is 16.4. The van der Waals surface area contributed by atoms with Gasteiger partial charge < -0.3 is 14.9 Å². The van der Waals surface area contributed by atoms with Crippen LogP contribution in [0.5, 0.6) is 0 Å². The normalized spacial score (nSPS) is 27.5. The van der Waals surface area contributed by atoms with E-state index in [0.717, 1.165) is 19.3 Å². The second kappa shape index (κ2) is 6.33. The molecule has 1 aliphatic heterocycles. The molecule has 0 radical (unpaired) electrons. The molecule has 21 heavy (non-hydrogen) atoms. The van der Waals surface area contributed by atoms with Gasteiger partial charge in [0.2, 0.25) is 0 Å². The summed E-state index contributed by atoms with van der Waals surface area (Å²) in [4.78, 5) is 27.5. The van der Waals surface area contributed by atoms with E-state index in [-0.39, 0.29) is 24.4 Å². The molecular weight excluding hydrogens is 270 g/mol. The minimum atomic E-state index is -0.901. The van der Waals surface area contributed by atoms with Crippen molar-refractivity contribution in [3.8, 4) is 6.07 Å². The van der Waals surface area contributed by atoms with Crippen LogP contribution in [0, 0.1) is 23.2 Å². The molecule has 1 saturated carbocycles. The van der Waals surface area contributed by atoms with Gasteiger partial charge in [0, 0.05) is 19.1 Å². The van der Waals surface area contributed by atoms with E-state index in [1.165, 1.54) is 4.90 Å². The molecule has 0 aromatic rings. The van der Waals surface area contributed by atoms with E-state index in [4.69, 9.17) is 5.26 Å². The minimum Gasteiger partial charge on any atom is -0.480 e. The number of amides is 2. The summed E-state index contributed by atoms with van der Waals surface area (Å²) in [6, 6.07) is 1.07. The molecule has 0 aromatic carbocycles. The molecule has 0 spiro atoms. The lowest BCUT2D eigenvalue weighted by molar-refractivity contribution is -0.142. The maximum absolute atomic E-state index is 12.7. The number of likely N-dealkylation sites (tertiary alicyclic amines) is 1. The molecule has 3 unspecified atom stereocenters. The Bertz CT molecular complexity index is 458. The van der Waals surface area contributed by atoms with Crippen molar-refractivity contribution in [3.05, 3.63) is 0 Å². The topological polar surface area (TPSA) is 84.6 Å². The fourth-order valence-corrected chi connectivity index (χ4v) is 3.73. The number of fused-ring (bicyclic) bond motifs is 1. The van der Waals surface area contributed by atoms with Crippen LogP contribution in [0.2, 0.25) is 0 Å². The molecule has 6 heteroatoms. The number of carboxylic acids is 1. The van der Waals surface area contributed by atoms with Gasteiger partial charge in [-0.15, -0.1) is 0 Å². The van der Waals surface area contributed by atoms with Crippen LogP contribution in [0.1, 0.15) is 39.5 Å². The smallest absolute Gasteiger partial charge is 0.326 e. The van der Waals surface area contributed by atoms with Crippen LogP contribution in [0.15, 0.2) is 0 Å². The molecule has 6 nitrogen and oxygen atoms in total. The maximum Gasteiger partial charge on any atom is 0.326 e. The highest BCUT2D eigenvalue weighted by Crippen LogP contribution is 2.42. The lowest BCUT2D eigenvalue weighted by Crippen LogP contribution is -2.51. The number of hydrogen-bond donors (Lipinski definition) is 1. The van der Waals surface area contributed by atoms with Gasteiger partial charge in [-0.05, 0) is 38.5 Å². The van der Waals surface area contributed by atoms with Crippen LogP contribution >= 0.6 is 0 Å². The van der Waals surface area contributed by atoms with Gasteiger partial charge in [-0.25, -0.2) is 9.59 Å². The van der Waals surface area contributed by atoms with Crippen molar-refractivity contribution in [2.75, 3.05) is 13.1 Å². The summed E-state index contributed by atoms with van der Waals surface area (Å²) in [6.07, 6.45) is 3.23. The molecule has 1 saturated heterocycles. The predicted molar refractivity (Wildman–Crippen MR) is 76.4 cm³/mol. The van der Waals surface area contributed by atoms with E-state index < -0.39 is 12.0 Å². The Morgan fingerprint density at radius 1 is 1.43 bits per heavy atom. The van der Waals surface area contributed by atoms with Crippen molar-refractivity contribution in [1.29, 1.82) is 5.26 Å². The van der Waals surface area contributed by atoms with E-state index in [2.05, 4.69) is 0 Å². The highest BCUT2D eigenvalue weighted by molar-refractivity contribution is 5.84. The molecule has 2 aliphatic rings. The number of carbonyl (C=O) groups excluding carboxylic acids is 1. The van der Waals surface area contributed by atoms with Crippen molar-refractivity contribution in [2.45, 2.75) is 51.6 Å². The summed E-state index contributed by atoms with van der Waals surface area (Å²) in [6.45, 7) is 4.67. The van der Waals surface area contributed by atoms with Crippen LogP contribution < -0.4 is 0 Å². The number of hydrogen-bond acceptors (Lipinski definition) is 3. The first-order chi connectivity index (χ1) is 9.97. The van der Waals surface area contributed by atoms with E-state index >= 15 is 0 Å². The van der Waals surface area contributed by atoms with Crippen LogP contribution in [-0.2, 0) is 4.79 Å². The lowest BCUT2D eigenvalue weighted by atomic mass is 9.94. The number of aliphatic carboxylic acids is 1. The van der Waals surface area contributed by atoms with Gasteiger partial charge in [0.15, 0.2) is 0 Å². The molecule has 2 fully saturated rings. The average molecular weight is 293 g/mol. The number of urea groups is 1. The number of carboxylic acid groups (broad SMARTS) is 1. The van der Waals surface area contributed by atoms with E-state index in [1.807, 2.05) is 19.9 Å². The maximum atomic E-state index is 12.7. The summed E-state index contributed by atoms with van der Waals surface area (Å²) >= 11 is 0. The van der Waals surface area contributed by atoms with Crippen molar-refractivity contribution in [1.82, 2.24) is 9.80 Å². The zero-order valence-corrected chi connectivity index (χ0v) is 12.7. The molecule has 2 amide bonds. The standard InChI is InChI=1S/C15H23N3O3/c1-10(2)17(8-4-7-16)15(21)18-9-11-5-3-6-12(11)13(18)14(19)20/h10-13H,3-6,8-9H2,1-2H3,(H,19,20).